The molecule has 4 saturated carbocycles. The molecular formula is C49H69Fe2O4Sb+4. The first-order valence-corrected chi connectivity index (χ1v) is 24.7. The van der Waals surface area contributed by atoms with Crippen molar-refractivity contribution in [3.8, 4) is 0 Å². The van der Waals surface area contributed by atoms with Gasteiger partial charge in [-0.2, -0.15) is 0 Å². The van der Waals surface area contributed by atoms with Gasteiger partial charge in [-0.15, -0.1) is 0 Å². The zero-order valence-corrected chi connectivity index (χ0v) is 39.6. The van der Waals surface area contributed by atoms with Gasteiger partial charge in [-0.1, -0.05) is 101 Å². The van der Waals surface area contributed by atoms with Crippen LogP contribution in [0.2, 0.25) is 0 Å². The molecule has 7 heteroatoms. The number of hydrogen-bond acceptors (Lipinski definition) is 2. The number of aliphatic carboxylic acids is 2. The molecule has 3 aromatic carbocycles. The van der Waals surface area contributed by atoms with E-state index < -0.39 is 32.1 Å². The molecule has 3 aromatic rings. The van der Waals surface area contributed by atoms with Crippen LogP contribution in [0, 0.1) is 32.6 Å². The van der Waals surface area contributed by atoms with Crippen molar-refractivity contribution in [2.24, 2.45) is 11.8 Å². The molecule has 0 spiro atoms. The predicted octanol–water partition coefficient (Wildman–Crippen LogP) is 11.4. The molecule has 0 aliphatic heterocycles. The number of carbonyl (C=O) groups is 2. The van der Waals surface area contributed by atoms with Crippen LogP contribution in [0.15, 0.2) is 96.1 Å². The van der Waals surface area contributed by atoms with Crippen molar-refractivity contribution in [3.63, 3.8) is 0 Å². The third-order valence-corrected chi connectivity index (χ3v) is 18.1. The summed E-state index contributed by atoms with van der Waals surface area (Å²) >= 11 is -1.90. The average molecular weight is 956 g/mol. The molecule has 2 N–H and O–H groups in total. The normalized spacial score (nSPS) is 16.7. The fourth-order valence-corrected chi connectivity index (χ4v) is 14.1. The van der Waals surface area contributed by atoms with E-state index in [4.69, 9.17) is 10.2 Å². The number of rotatable bonds is 7. The number of carboxylic acid groups (broad SMARTS) is 2. The van der Waals surface area contributed by atoms with Gasteiger partial charge in [0.1, 0.15) is 0 Å². The fourth-order valence-electron chi connectivity index (χ4n) is 7.68. The van der Waals surface area contributed by atoms with Crippen LogP contribution in [0.5, 0.6) is 0 Å². The molecule has 4 aliphatic rings. The maximum atomic E-state index is 10.3. The Kier molecular flexibility index (Phi) is 27.9. The average Bonchev–Trinajstić information content (AvgIpc) is 4.01. The predicted molar refractivity (Wildman–Crippen MR) is 231 cm³/mol. The number of hydrogen-bond donors (Lipinski definition) is 2. The van der Waals surface area contributed by atoms with Gasteiger partial charge in [-0.3, -0.25) is 0 Å². The van der Waals surface area contributed by atoms with Crippen LogP contribution < -0.4 is 10.5 Å². The number of aryl methyl sites for hydroxylation is 3. The zero-order chi connectivity index (χ0) is 39.1. The maximum absolute atomic E-state index is 10.3. The van der Waals surface area contributed by atoms with Crippen LogP contribution in [0.1, 0.15) is 146 Å². The van der Waals surface area contributed by atoms with Gasteiger partial charge in [0, 0.05) is 12.2 Å². The summed E-state index contributed by atoms with van der Waals surface area (Å²) in [6.45, 7) is 10.3. The first kappa shape index (κ1) is 52.0. The smallest absolute Gasteiger partial charge is 2.00 e. The largest absolute Gasteiger partial charge is 2.00 e. The Morgan fingerprint density at radius 3 is 0.857 bits per heavy atom. The first-order chi connectivity index (χ1) is 26.0. The molecule has 4 aliphatic carbocycles. The summed E-state index contributed by atoms with van der Waals surface area (Å²) in [6.07, 6.45) is 27.4. The van der Waals surface area contributed by atoms with Crippen LogP contribution in [0.4, 0.5) is 0 Å². The third-order valence-electron chi connectivity index (χ3n) is 11.1. The van der Waals surface area contributed by atoms with Crippen molar-refractivity contribution in [1.29, 1.82) is 0 Å². The van der Waals surface area contributed by atoms with Crippen LogP contribution in [0.3, 0.4) is 0 Å². The topological polar surface area (TPSA) is 74.6 Å². The molecule has 4 fully saturated rings. The van der Waals surface area contributed by atoms with Crippen LogP contribution in [-0.2, 0) is 43.7 Å². The quantitative estimate of drug-likeness (QED) is 0.183. The van der Waals surface area contributed by atoms with Crippen molar-refractivity contribution in [3.05, 3.63) is 113 Å². The van der Waals surface area contributed by atoms with Crippen molar-refractivity contribution < 1.29 is 53.9 Å². The molecule has 0 aromatic heterocycles. The SMILES string of the molecule is C/C(=C\C(=O)O)C1CCCC1.C/C(=C\C(=O)O)C1CCCC1.C1CCCC1.C1CCCC1.Cc1cc[c]([Sb]([c]2ccc(C)cc2)[c]2ccc(C)cc2)cc1.[Fe+2].[Fe+2]. The molecule has 0 saturated heterocycles. The van der Waals surface area contributed by atoms with E-state index in [1.165, 1.54) is 155 Å². The summed E-state index contributed by atoms with van der Waals surface area (Å²) in [4.78, 5) is 20.6. The van der Waals surface area contributed by atoms with Gasteiger partial charge in [0.05, 0.1) is 0 Å². The maximum Gasteiger partial charge on any atom is 2.00 e. The minimum atomic E-state index is -1.90. The Morgan fingerprint density at radius 1 is 0.446 bits per heavy atom. The summed E-state index contributed by atoms with van der Waals surface area (Å²) in [5.74, 6) is -0.527. The number of allylic oxidation sites excluding steroid dienone is 2. The van der Waals surface area contributed by atoms with Crippen molar-refractivity contribution in [2.45, 2.75) is 150 Å². The van der Waals surface area contributed by atoms with Gasteiger partial charge >= 0.3 is 187 Å². The Morgan fingerprint density at radius 2 is 0.661 bits per heavy atom. The Labute approximate surface area is 368 Å². The van der Waals surface area contributed by atoms with E-state index in [0.717, 1.165) is 11.1 Å². The van der Waals surface area contributed by atoms with Gasteiger partial charge in [-0.25, -0.2) is 9.59 Å². The Bertz CT molecular complexity index is 1390. The van der Waals surface area contributed by atoms with E-state index in [0.29, 0.717) is 11.8 Å². The monoisotopic (exact) mass is 954 g/mol. The van der Waals surface area contributed by atoms with Crippen molar-refractivity contribution in [1.82, 2.24) is 0 Å². The summed E-state index contributed by atoms with van der Waals surface area (Å²) in [7, 11) is 0. The molecule has 306 valence electrons. The van der Waals surface area contributed by atoms with Crippen LogP contribution >= 0.6 is 0 Å². The molecular weight excluding hydrogens is 886 g/mol. The Hall–Kier alpha value is -2.06. The minimum absolute atomic E-state index is 0. The van der Waals surface area contributed by atoms with E-state index in [-0.39, 0.29) is 34.1 Å². The minimum Gasteiger partial charge on any atom is 2.00 e. The molecule has 0 amide bonds. The molecule has 56 heavy (non-hydrogen) atoms. The number of benzene rings is 3. The molecule has 0 atom stereocenters. The second-order valence-corrected chi connectivity index (χ2v) is 22.1. The summed E-state index contributed by atoms with van der Waals surface area (Å²) in [5, 5.41) is 16.9. The summed E-state index contributed by atoms with van der Waals surface area (Å²) < 4.78 is 4.59. The molecule has 0 radical (unpaired) electrons. The molecule has 7 rings (SSSR count). The fraction of sp³-hybridized carbons (Fsp3) is 0.510. The van der Waals surface area contributed by atoms with Crippen molar-refractivity contribution >= 4 is 42.7 Å². The number of carboxylic acids is 2. The standard InChI is InChI=1S/2C9H14O2.3C7H7.2C5H10.2Fe.Sb/c2*1-7(6-9(10)11)8-4-2-3-5-8;3*1-7-5-3-2-4-6-7;2*1-2-4-5-3-1;;;/h2*6,8H,2-5H2,1H3,(H,10,11);3*3-6H,1H3;2*1-5H2;;;/q;;;;;;;2*+2;/b2*7-6+;;;;;;;;. The van der Waals surface area contributed by atoms with Crippen LogP contribution in [0.25, 0.3) is 0 Å². The molecule has 0 heterocycles. The van der Waals surface area contributed by atoms with Gasteiger partial charge < -0.3 is 10.2 Å². The summed E-state index contributed by atoms with van der Waals surface area (Å²) in [5.41, 5.74) is 6.07. The second-order valence-electron chi connectivity index (χ2n) is 15.8. The van der Waals surface area contributed by atoms with Gasteiger partial charge in [-0.05, 0) is 51.4 Å². The Balaban J connectivity index is 0.000000389. The molecule has 4 nitrogen and oxygen atoms in total. The van der Waals surface area contributed by atoms with E-state index >= 15 is 0 Å². The van der Waals surface area contributed by atoms with E-state index in [9.17, 15) is 9.59 Å². The van der Waals surface area contributed by atoms with Gasteiger partial charge in [0.15, 0.2) is 0 Å². The molecule has 0 unspecified atom stereocenters. The zero-order valence-electron chi connectivity index (χ0n) is 34.8. The third kappa shape index (κ3) is 21.1. The van der Waals surface area contributed by atoms with E-state index in [2.05, 4.69) is 93.6 Å². The first-order valence-electron chi connectivity index (χ1n) is 20.9. The van der Waals surface area contributed by atoms with E-state index in [1.807, 2.05) is 13.8 Å². The van der Waals surface area contributed by atoms with Gasteiger partial charge in [0.25, 0.3) is 0 Å². The van der Waals surface area contributed by atoms with Crippen molar-refractivity contribution in [2.75, 3.05) is 0 Å². The van der Waals surface area contributed by atoms with Gasteiger partial charge in [0.2, 0.25) is 0 Å². The van der Waals surface area contributed by atoms with Crippen LogP contribution in [-0.4, -0.2) is 42.4 Å². The summed E-state index contributed by atoms with van der Waals surface area (Å²) in [6, 6.07) is 27.5. The molecule has 0 bridgehead atoms. The second kappa shape index (κ2) is 30.0. The van der Waals surface area contributed by atoms with E-state index in [1.54, 1.807) is 0 Å².